The molecular weight excluding hydrogens is 359 g/mol. The van der Waals surface area contributed by atoms with Crippen molar-refractivity contribution in [3.8, 4) is 0 Å². The molecule has 2 aromatic rings. The first-order valence-electron chi connectivity index (χ1n) is 9.51. The second-order valence-corrected chi connectivity index (χ2v) is 6.58. The van der Waals surface area contributed by atoms with E-state index in [1.807, 2.05) is 30.3 Å². The Morgan fingerprint density at radius 2 is 1.75 bits per heavy atom. The summed E-state index contributed by atoms with van der Waals surface area (Å²) in [7, 11) is 0. The van der Waals surface area contributed by atoms with Crippen LogP contribution >= 0.6 is 0 Å². The molecule has 0 spiro atoms. The molecule has 0 unspecified atom stereocenters. The van der Waals surface area contributed by atoms with E-state index in [9.17, 15) is 14.0 Å². The molecule has 0 saturated carbocycles. The molecule has 5 nitrogen and oxygen atoms in total. The zero-order valence-corrected chi connectivity index (χ0v) is 16.1. The second kappa shape index (κ2) is 11.2. The van der Waals surface area contributed by atoms with Crippen LogP contribution in [0.2, 0.25) is 0 Å². The molecule has 0 aliphatic heterocycles. The molecule has 0 aromatic heterocycles. The van der Waals surface area contributed by atoms with E-state index in [1.165, 1.54) is 12.1 Å². The maximum atomic E-state index is 13.2. The van der Waals surface area contributed by atoms with Gasteiger partial charge in [0.15, 0.2) is 0 Å². The highest BCUT2D eigenvalue weighted by Crippen LogP contribution is 2.16. The van der Waals surface area contributed by atoms with E-state index in [0.717, 1.165) is 11.1 Å². The summed E-state index contributed by atoms with van der Waals surface area (Å²) in [4.78, 5) is 27.1. The lowest BCUT2D eigenvalue weighted by Crippen LogP contribution is -2.50. The largest absolute Gasteiger partial charge is 0.396 e. The highest BCUT2D eigenvalue weighted by atomic mass is 19.1. The fourth-order valence-electron chi connectivity index (χ4n) is 2.95. The van der Waals surface area contributed by atoms with Gasteiger partial charge >= 0.3 is 0 Å². The molecule has 2 amide bonds. The first-order valence-corrected chi connectivity index (χ1v) is 9.51. The zero-order chi connectivity index (χ0) is 20.4. The zero-order valence-electron chi connectivity index (χ0n) is 16.1. The van der Waals surface area contributed by atoms with Crippen molar-refractivity contribution in [3.05, 3.63) is 71.5 Å². The van der Waals surface area contributed by atoms with Gasteiger partial charge in [-0.2, -0.15) is 0 Å². The molecular formula is C22H27FN2O3. The van der Waals surface area contributed by atoms with Gasteiger partial charge in [0.05, 0.1) is 0 Å². The average molecular weight is 386 g/mol. The Morgan fingerprint density at radius 1 is 1.07 bits per heavy atom. The smallest absolute Gasteiger partial charge is 0.243 e. The molecule has 150 valence electrons. The Balaban J connectivity index is 2.28. The van der Waals surface area contributed by atoms with Crippen LogP contribution < -0.4 is 5.32 Å². The molecule has 0 aliphatic carbocycles. The number of halogens is 1. The van der Waals surface area contributed by atoms with Crippen molar-refractivity contribution in [2.75, 3.05) is 13.2 Å². The van der Waals surface area contributed by atoms with Crippen molar-refractivity contribution >= 4 is 11.8 Å². The SMILES string of the molecule is CCC(=O)N(Cc1ccc(F)cc1)[C@@H](Cc1ccccc1)C(=O)NCCCO. The Morgan fingerprint density at radius 3 is 2.36 bits per heavy atom. The fraction of sp³-hybridized carbons (Fsp3) is 0.364. The Bertz CT molecular complexity index is 750. The van der Waals surface area contributed by atoms with Gasteiger partial charge in [-0.15, -0.1) is 0 Å². The highest BCUT2D eigenvalue weighted by molar-refractivity contribution is 5.87. The predicted octanol–water partition coefficient (Wildman–Crippen LogP) is 2.67. The van der Waals surface area contributed by atoms with Crippen LogP contribution in [0.4, 0.5) is 4.39 Å². The third-order valence-electron chi connectivity index (χ3n) is 4.47. The third kappa shape index (κ3) is 6.46. The van der Waals surface area contributed by atoms with E-state index in [2.05, 4.69) is 5.32 Å². The maximum absolute atomic E-state index is 13.2. The molecule has 2 rings (SSSR count). The highest BCUT2D eigenvalue weighted by Gasteiger charge is 2.29. The van der Waals surface area contributed by atoms with Crippen LogP contribution in [0.3, 0.4) is 0 Å². The summed E-state index contributed by atoms with van der Waals surface area (Å²) in [6.45, 7) is 2.29. The number of aliphatic hydroxyl groups excluding tert-OH is 1. The summed E-state index contributed by atoms with van der Waals surface area (Å²) < 4.78 is 13.2. The number of amides is 2. The first-order chi connectivity index (χ1) is 13.5. The molecule has 0 aliphatic rings. The van der Waals surface area contributed by atoms with Crippen LogP contribution in [0, 0.1) is 5.82 Å². The summed E-state index contributed by atoms with van der Waals surface area (Å²) in [5, 5.41) is 11.8. The number of carbonyl (C=O) groups is 2. The van der Waals surface area contributed by atoms with Gasteiger partial charge in [-0.1, -0.05) is 49.4 Å². The maximum Gasteiger partial charge on any atom is 0.243 e. The quantitative estimate of drug-likeness (QED) is 0.617. The van der Waals surface area contributed by atoms with Crippen LogP contribution in [0.1, 0.15) is 30.9 Å². The number of benzene rings is 2. The van der Waals surface area contributed by atoms with Gasteiger partial charge in [-0.3, -0.25) is 9.59 Å². The second-order valence-electron chi connectivity index (χ2n) is 6.58. The number of rotatable bonds is 10. The van der Waals surface area contributed by atoms with Crippen LogP contribution in [-0.2, 0) is 22.6 Å². The monoisotopic (exact) mass is 386 g/mol. The van der Waals surface area contributed by atoms with Crippen molar-refractivity contribution in [1.82, 2.24) is 10.2 Å². The molecule has 0 saturated heterocycles. The van der Waals surface area contributed by atoms with Crippen molar-refractivity contribution in [2.45, 2.75) is 38.8 Å². The molecule has 0 radical (unpaired) electrons. The lowest BCUT2D eigenvalue weighted by molar-refractivity contribution is -0.141. The van der Waals surface area contributed by atoms with Gasteiger partial charge in [0.1, 0.15) is 11.9 Å². The van der Waals surface area contributed by atoms with Gasteiger partial charge in [0.2, 0.25) is 11.8 Å². The minimum absolute atomic E-state index is 0.0170. The molecule has 1 atom stereocenters. The number of nitrogens with one attached hydrogen (secondary N) is 1. The summed E-state index contributed by atoms with van der Waals surface area (Å²) in [5.74, 6) is -0.761. The van der Waals surface area contributed by atoms with Crippen molar-refractivity contribution in [1.29, 1.82) is 0 Å². The van der Waals surface area contributed by atoms with Crippen LogP contribution in [-0.4, -0.2) is 41.0 Å². The van der Waals surface area contributed by atoms with Crippen LogP contribution in [0.5, 0.6) is 0 Å². The topological polar surface area (TPSA) is 69.6 Å². The predicted molar refractivity (Wildman–Crippen MR) is 106 cm³/mol. The molecule has 0 heterocycles. The number of nitrogens with zero attached hydrogens (tertiary/aromatic N) is 1. The molecule has 6 heteroatoms. The van der Waals surface area contributed by atoms with Crippen molar-refractivity contribution < 1.29 is 19.1 Å². The van der Waals surface area contributed by atoms with Gasteiger partial charge in [-0.25, -0.2) is 4.39 Å². The summed E-state index contributed by atoms with van der Waals surface area (Å²) in [5.41, 5.74) is 1.70. The number of hydrogen-bond acceptors (Lipinski definition) is 3. The summed E-state index contributed by atoms with van der Waals surface area (Å²) in [6.07, 6.45) is 1.08. The van der Waals surface area contributed by atoms with Gasteiger partial charge < -0.3 is 15.3 Å². The lowest BCUT2D eigenvalue weighted by atomic mass is 10.0. The van der Waals surface area contributed by atoms with Gasteiger partial charge in [-0.05, 0) is 29.7 Å². The van der Waals surface area contributed by atoms with E-state index in [4.69, 9.17) is 5.11 Å². The molecule has 0 fully saturated rings. The minimum atomic E-state index is -0.696. The number of hydrogen-bond donors (Lipinski definition) is 2. The van der Waals surface area contributed by atoms with Crippen molar-refractivity contribution in [3.63, 3.8) is 0 Å². The standard InChI is InChI=1S/C22H27FN2O3/c1-2-21(27)25(16-18-9-11-19(23)12-10-18)20(22(28)24-13-6-14-26)15-17-7-4-3-5-8-17/h3-5,7-12,20,26H,2,6,13-16H2,1H3,(H,24,28)/t20-/m0/s1. The normalized spacial score (nSPS) is 11.7. The van der Waals surface area contributed by atoms with E-state index in [1.54, 1.807) is 24.0 Å². The summed E-state index contributed by atoms with van der Waals surface area (Å²) >= 11 is 0. The van der Waals surface area contributed by atoms with Gasteiger partial charge in [0.25, 0.3) is 0 Å². The van der Waals surface area contributed by atoms with Crippen molar-refractivity contribution in [2.24, 2.45) is 0 Å². The number of carbonyl (C=O) groups excluding carboxylic acids is 2. The lowest BCUT2D eigenvalue weighted by Gasteiger charge is -2.31. The molecule has 28 heavy (non-hydrogen) atoms. The van der Waals surface area contributed by atoms with Gasteiger partial charge in [0, 0.05) is 32.5 Å². The Labute approximate surface area is 165 Å². The average Bonchev–Trinajstić information content (AvgIpc) is 2.72. The Hall–Kier alpha value is -2.73. The van der Waals surface area contributed by atoms with Crippen LogP contribution in [0.25, 0.3) is 0 Å². The molecule has 2 aromatic carbocycles. The molecule has 0 bridgehead atoms. The van der Waals surface area contributed by atoms with E-state index < -0.39 is 6.04 Å². The first kappa shape index (κ1) is 21.6. The summed E-state index contributed by atoms with van der Waals surface area (Å²) in [6, 6.07) is 14.7. The van der Waals surface area contributed by atoms with E-state index in [-0.39, 0.29) is 37.2 Å². The Kier molecular flexibility index (Phi) is 8.62. The fourth-order valence-corrected chi connectivity index (χ4v) is 2.95. The van der Waals surface area contributed by atoms with Crippen LogP contribution in [0.15, 0.2) is 54.6 Å². The van der Waals surface area contributed by atoms with E-state index in [0.29, 0.717) is 19.4 Å². The third-order valence-corrected chi connectivity index (χ3v) is 4.47. The number of aliphatic hydroxyl groups is 1. The van der Waals surface area contributed by atoms with E-state index >= 15 is 0 Å². The minimum Gasteiger partial charge on any atom is -0.396 e. The molecule has 2 N–H and O–H groups in total.